The van der Waals surface area contributed by atoms with Crippen LogP contribution in [0.3, 0.4) is 0 Å². The van der Waals surface area contributed by atoms with Crippen molar-refractivity contribution >= 4 is 12.1 Å². The van der Waals surface area contributed by atoms with E-state index in [1.165, 1.54) is 0 Å². The Balaban J connectivity index is 4.11. The Labute approximate surface area is 107 Å². The zero-order valence-corrected chi connectivity index (χ0v) is 11.2. The number of hydrazine groups is 1. The van der Waals surface area contributed by atoms with Gasteiger partial charge in [0.1, 0.15) is 11.6 Å². The highest BCUT2D eigenvalue weighted by Gasteiger charge is 2.23. The summed E-state index contributed by atoms with van der Waals surface area (Å²) in [7, 11) is 0. The van der Waals surface area contributed by atoms with Gasteiger partial charge in [-0.15, -0.1) is 0 Å². The number of alkyl carbamates (subject to hydrolysis) is 1. The Bertz CT molecular complexity index is 276. The quantitative estimate of drug-likeness (QED) is 0.303. The zero-order valence-electron chi connectivity index (χ0n) is 11.2. The first kappa shape index (κ1) is 16.7. The van der Waals surface area contributed by atoms with Gasteiger partial charge in [0.2, 0.25) is 0 Å². The molecular formula is C11H23N3O4. The number of hydrogen-bond donors (Lipinski definition) is 4. The summed E-state index contributed by atoms with van der Waals surface area (Å²) in [5.74, 6) is 4.03. The maximum absolute atomic E-state index is 11.4. The fraction of sp³-hybridized carbons (Fsp3) is 0.818. The van der Waals surface area contributed by atoms with E-state index in [0.717, 1.165) is 6.42 Å². The largest absolute Gasteiger partial charge is 0.480 e. The van der Waals surface area contributed by atoms with Gasteiger partial charge in [-0.05, 0) is 40.0 Å². The molecule has 0 heterocycles. The molecule has 0 saturated heterocycles. The molecule has 0 aromatic carbocycles. The molecule has 0 aromatic rings. The number of carbonyl (C=O) groups excluding carboxylic acids is 1. The van der Waals surface area contributed by atoms with E-state index in [0.29, 0.717) is 19.4 Å². The Morgan fingerprint density at radius 1 is 1.33 bits per heavy atom. The Hall–Kier alpha value is -1.34. The number of nitrogens with two attached hydrogens (primary N) is 1. The minimum atomic E-state index is -1.07. The molecule has 1 atom stereocenters. The van der Waals surface area contributed by atoms with E-state index in [-0.39, 0.29) is 0 Å². The topological polar surface area (TPSA) is 114 Å². The van der Waals surface area contributed by atoms with Crippen LogP contribution in [0.25, 0.3) is 0 Å². The number of carbonyl (C=O) groups is 2. The molecule has 0 aromatic heterocycles. The van der Waals surface area contributed by atoms with Crippen LogP contribution in [0.2, 0.25) is 0 Å². The van der Waals surface area contributed by atoms with Crippen LogP contribution in [-0.4, -0.2) is 35.4 Å². The lowest BCUT2D eigenvalue weighted by Gasteiger charge is -2.22. The van der Waals surface area contributed by atoms with E-state index >= 15 is 0 Å². The molecule has 7 nitrogen and oxygen atoms in total. The van der Waals surface area contributed by atoms with Gasteiger partial charge in [-0.25, -0.2) is 9.59 Å². The van der Waals surface area contributed by atoms with Gasteiger partial charge in [0.15, 0.2) is 0 Å². The molecule has 0 bridgehead atoms. The van der Waals surface area contributed by atoms with Crippen molar-refractivity contribution in [2.24, 2.45) is 5.84 Å². The highest BCUT2D eigenvalue weighted by Crippen LogP contribution is 2.08. The van der Waals surface area contributed by atoms with Crippen LogP contribution in [0.15, 0.2) is 0 Å². The van der Waals surface area contributed by atoms with Gasteiger partial charge in [-0.2, -0.15) is 0 Å². The van der Waals surface area contributed by atoms with Crippen LogP contribution in [0, 0.1) is 0 Å². The van der Waals surface area contributed by atoms with Gasteiger partial charge in [-0.3, -0.25) is 11.3 Å². The van der Waals surface area contributed by atoms with Crippen molar-refractivity contribution in [2.45, 2.75) is 51.7 Å². The van der Waals surface area contributed by atoms with Gasteiger partial charge >= 0.3 is 12.1 Å². The lowest BCUT2D eigenvalue weighted by molar-refractivity contribution is -0.139. The average Bonchev–Trinajstić information content (AvgIpc) is 2.19. The molecule has 0 fully saturated rings. The van der Waals surface area contributed by atoms with Crippen LogP contribution in [-0.2, 0) is 9.53 Å². The molecule has 0 radical (unpaired) electrons. The number of ether oxygens (including phenoxy) is 1. The van der Waals surface area contributed by atoms with E-state index < -0.39 is 23.7 Å². The number of carboxylic acids is 1. The number of aliphatic carboxylic acids is 1. The summed E-state index contributed by atoms with van der Waals surface area (Å²) < 4.78 is 5.00. The summed E-state index contributed by atoms with van der Waals surface area (Å²) in [6.45, 7) is 5.76. The van der Waals surface area contributed by atoms with Crippen molar-refractivity contribution in [1.29, 1.82) is 0 Å². The van der Waals surface area contributed by atoms with Crippen molar-refractivity contribution < 1.29 is 19.4 Å². The molecule has 0 unspecified atom stereocenters. The van der Waals surface area contributed by atoms with Gasteiger partial charge in [-0.1, -0.05) is 0 Å². The third-order valence-corrected chi connectivity index (χ3v) is 2.05. The average molecular weight is 261 g/mol. The van der Waals surface area contributed by atoms with Crippen molar-refractivity contribution in [3.63, 3.8) is 0 Å². The molecule has 0 aliphatic rings. The van der Waals surface area contributed by atoms with E-state index in [4.69, 9.17) is 15.7 Å². The van der Waals surface area contributed by atoms with Gasteiger partial charge in [0.05, 0.1) is 0 Å². The number of rotatable bonds is 7. The smallest absolute Gasteiger partial charge is 0.408 e. The zero-order chi connectivity index (χ0) is 14.2. The Morgan fingerprint density at radius 3 is 2.39 bits per heavy atom. The van der Waals surface area contributed by atoms with Crippen molar-refractivity contribution in [3.05, 3.63) is 0 Å². The Morgan fingerprint density at radius 2 is 1.94 bits per heavy atom. The maximum atomic E-state index is 11.4. The molecule has 7 heteroatoms. The highest BCUT2D eigenvalue weighted by molar-refractivity contribution is 5.79. The summed E-state index contributed by atoms with van der Waals surface area (Å²) >= 11 is 0. The monoisotopic (exact) mass is 261 g/mol. The first-order valence-corrected chi connectivity index (χ1v) is 5.92. The highest BCUT2D eigenvalue weighted by atomic mass is 16.6. The summed E-state index contributed by atoms with van der Waals surface area (Å²) in [5.41, 5.74) is 1.84. The minimum Gasteiger partial charge on any atom is -0.480 e. The standard InChI is InChI=1S/C11H23N3O4/c1-11(2,3)18-10(17)14-8(9(15)16)6-4-5-7-13-12/h8,13H,4-7,12H2,1-3H3,(H,14,17)(H,15,16)/t8-/m0/s1. The molecule has 106 valence electrons. The van der Waals surface area contributed by atoms with E-state index in [1.54, 1.807) is 20.8 Å². The third kappa shape index (κ3) is 8.77. The summed E-state index contributed by atoms with van der Waals surface area (Å²) in [6, 6.07) is -0.933. The summed E-state index contributed by atoms with van der Waals surface area (Å²) in [5, 5.41) is 11.3. The second-order valence-electron chi connectivity index (χ2n) is 4.99. The number of carboxylic acid groups (broad SMARTS) is 1. The van der Waals surface area contributed by atoms with Crippen molar-refractivity contribution in [2.75, 3.05) is 6.54 Å². The Kier molecular flexibility index (Phi) is 7.30. The van der Waals surface area contributed by atoms with Crippen molar-refractivity contribution in [3.8, 4) is 0 Å². The molecule has 0 aliphatic heterocycles. The van der Waals surface area contributed by atoms with Crippen LogP contribution < -0.4 is 16.6 Å². The fourth-order valence-corrected chi connectivity index (χ4v) is 1.28. The van der Waals surface area contributed by atoms with Crippen LogP contribution in [0.4, 0.5) is 4.79 Å². The van der Waals surface area contributed by atoms with E-state index in [9.17, 15) is 9.59 Å². The van der Waals surface area contributed by atoms with Gasteiger partial charge in [0, 0.05) is 6.54 Å². The van der Waals surface area contributed by atoms with Crippen molar-refractivity contribution in [1.82, 2.24) is 10.7 Å². The second kappa shape index (κ2) is 7.88. The van der Waals surface area contributed by atoms with Crippen LogP contribution >= 0.6 is 0 Å². The summed E-state index contributed by atoms with van der Waals surface area (Å²) in [6.07, 6.45) is 1.02. The molecule has 0 rings (SSSR count). The van der Waals surface area contributed by atoms with E-state index in [1.807, 2.05) is 0 Å². The molecule has 0 aliphatic carbocycles. The maximum Gasteiger partial charge on any atom is 0.408 e. The predicted octanol–water partition coefficient (Wildman–Crippen LogP) is 0.598. The molecule has 1 amide bonds. The first-order chi connectivity index (χ1) is 8.26. The van der Waals surface area contributed by atoms with E-state index in [2.05, 4.69) is 10.7 Å². The van der Waals surface area contributed by atoms with Gasteiger partial charge in [0.25, 0.3) is 0 Å². The molecule has 0 spiro atoms. The van der Waals surface area contributed by atoms with Gasteiger partial charge < -0.3 is 15.2 Å². The number of unbranched alkanes of at least 4 members (excludes halogenated alkanes) is 1. The number of amides is 1. The lowest BCUT2D eigenvalue weighted by Crippen LogP contribution is -2.43. The first-order valence-electron chi connectivity index (χ1n) is 5.92. The van der Waals surface area contributed by atoms with Crippen LogP contribution in [0.5, 0.6) is 0 Å². The molecule has 18 heavy (non-hydrogen) atoms. The summed E-state index contributed by atoms with van der Waals surface area (Å²) in [4.78, 5) is 22.4. The normalized spacial score (nSPS) is 12.9. The molecule has 0 saturated carbocycles. The van der Waals surface area contributed by atoms with Crippen LogP contribution in [0.1, 0.15) is 40.0 Å². The predicted molar refractivity (Wildman–Crippen MR) is 66.8 cm³/mol. The second-order valence-corrected chi connectivity index (χ2v) is 4.99. The number of nitrogens with one attached hydrogen (secondary N) is 2. The third-order valence-electron chi connectivity index (χ3n) is 2.05. The minimum absolute atomic E-state index is 0.344. The lowest BCUT2D eigenvalue weighted by atomic mass is 10.1. The fourth-order valence-electron chi connectivity index (χ4n) is 1.28. The molecular weight excluding hydrogens is 238 g/mol. The SMILES string of the molecule is CC(C)(C)OC(=O)N[C@@H](CCCCNN)C(=O)O. The number of hydrogen-bond acceptors (Lipinski definition) is 5. The molecule has 5 N–H and O–H groups in total.